The average Bonchev–Trinajstić information content (AvgIpc) is 2.35. The van der Waals surface area contributed by atoms with E-state index in [1.54, 1.807) is 0 Å². The second kappa shape index (κ2) is 7.17. The van der Waals surface area contributed by atoms with E-state index >= 15 is 0 Å². The molecule has 1 aliphatic rings. The van der Waals surface area contributed by atoms with E-state index in [2.05, 4.69) is 12.6 Å². The first-order valence-electron chi connectivity index (χ1n) is 6.91. The first-order chi connectivity index (χ1) is 8.41. The van der Waals surface area contributed by atoms with Crippen LogP contribution in [0.2, 0.25) is 0 Å². The van der Waals surface area contributed by atoms with Gasteiger partial charge in [0.15, 0.2) is 0 Å². The van der Waals surface area contributed by atoms with E-state index in [1.807, 2.05) is 25.7 Å². The highest BCUT2D eigenvalue weighted by Gasteiger charge is 2.24. The minimum absolute atomic E-state index is 0.134. The fraction of sp³-hybridized carbons (Fsp3) is 0.857. The Balaban J connectivity index is 2.27. The highest BCUT2D eigenvalue weighted by Crippen LogP contribution is 2.23. The van der Waals surface area contributed by atoms with Crippen molar-refractivity contribution in [3.63, 3.8) is 0 Å². The maximum absolute atomic E-state index is 11.8. The van der Waals surface area contributed by atoms with Crippen LogP contribution >= 0.6 is 12.6 Å². The predicted molar refractivity (Wildman–Crippen MR) is 76.8 cm³/mol. The summed E-state index contributed by atoms with van der Waals surface area (Å²) in [5, 5.41) is -0.205. The van der Waals surface area contributed by atoms with E-state index in [9.17, 15) is 9.59 Å². The van der Waals surface area contributed by atoms with E-state index in [0.717, 1.165) is 32.4 Å². The zero-order chi connectivity index (χ0) is 13.7. The number of carbonyl (C=O) groups excluding carboxylic acids is 2. The summed E-state index contributed by atoms with van der Waals surface area (Å²) >= 11 is 4.18. The van der Waals surface area contributed by atoms with Crippen LogP contribution in [0, 0.1) is 11.8 Å². The number of ketones is 1. The molecule has 1 amide bonds. The van der Waals surface area contributed by atoms with Crippen molar-refractivity contribution in [2.24, 2.45) is 11.8 Å². The number of nitrogens with zero attached hydrogens (tertiary/aromatic N) is 1. The molecule has 1 aliphatic heterocycles. The topological polar surface area (TPSA) is 37.4 Å². The molecule has 0 saturated carbocycles. The Morgan fingerprint density at radius 1 is 1.22 bits per heavy atom. The van der Waals surface area contributed by atoms with Gasteiger partial charge < -0.3 is 4.90 Å². The number of rotatable bonds is 5. The number of hydrogen-bond acceptors (Lipinski definition) is 3. The number of hydrogen-bond donors (Lipinski definition) is 1. The lowest BCUT2D eigenvalue weighted by Gasteiger charge is -2.33. The molecule has 0 N–H and O–H groups in total. The molecule has 18 heavy (non-hydrogen) atoms. The highest BCUT2D eigenvalue weighted by molar-refractivity contribution is 7.81. The summed E-state index contributed by atoms with van der Waals surface area (Å²) in [6, 6.07) is 0. The molecule has 0 aliphatic carbocycles. The molecule has 104 valence electrons. The van der Waals surface area contributed by atoms with Crippen LogP contribution in [-0.2, 0) is 9.59 Å². The highest BCUT2D eigenvalue weighted by atomic mass is 32.1. The summed E-state index contributed by atoms with van der Waals surface area (Å²) in [7, 11) is 0. The van der Waals surface area contributed by atoms with Gasteiger partial charge in [0.05, 0.1) is 5.25 Å². The second-order valence-corrected chi connectivity index (χ2v) is 6.38. The molecule has 1 heterocycles. The van der Waals surface area contributed by atoms with Gasteiger partial charge in [0.2, 0.25) is 5.91 Å². The van der Waals surface area contributed by atoms with E-state index in [0.29, 0.717) is 18.1 Å². The SMILES string of the molecule is CC(C)C(=O)CCC1CCN(C(=O)C(C)S)CC1. The molecule has 0 spiro atoms. The van der Waals surface area contributed by atoms with Crippen LogP contribution in [0.4, 0.5) is 0 Å². The maximum Gasteiger partial charge on any atom is 0.235 e. The molecule has 1 rings (SSSR count). The molecule has 0 radical (unpaired) electrons. The third-order valence-electron chi connectivity index (χ3n) is 3.73. The number of thiol groups is 1. The van der Waals surface area contributed by atoms with E-state index in [-0.39, 0.29) is 17.1 Å². The predicted octanol–water partition coefficient (Wildman–Crippen LogP) is 2.55. The van der Waals surface area contributed by atoms with Crippen LogP contribution in [0.15, 0.2) is 0 Å². The molecule has 3 nitrogen and oxygen atoms in total. The lowest BCUT2D eigenvalue weighted by Crippen LogP contribution is -2.41. The first-order valence-corrected chi connectivity index (χ1v) is 7.43. The van der Waals surface area contributed by atoms with Crippen molar-refractivity contribution in [1.82, 2.24) is 4.90 Å². The smallest absolute Gasteiger partial charge is 0.235 e. The zero-order valence-electron chi connectivity index (χ0n) is 11.7. The van der Waals surface area contributed by atoms with E-state index in [1.165, 1.54) is 0 Å². The lowest BCUT2D eigenvalue weighted by atomic mass is 9.89. The lowest BCUT2D eigenvalue weighted by molar-refractivity contribution is -0.132. The van der Waals surface area contributed by atoms with Crippen LogP contribution in [0.3, 0.4) is 0 Å². The minimum atomic E-state index is -0.205. The standard InChI is InChI=1S/C14H25NO2S/c1-10(2)13(16)5-4-12-6-8-15(9-7-12)14(17)11(3)18/h10-12,18H,4-9H2,1-3H3. The number of likely N-dealkylation sites (tertiary alicyclic amines) is 1. The van der Waals surface area contributed by atoms with Crippen molar-refractivity contribution in [2.45, 2.75) is 51.7 Å². The zero-order valence-corrected chi connectivity index (χ0v) is 12.6. The third-order valence-corrected chi connectivity index (χ3v) is 3.95. The Kier molecular flexibility index (Phi) is 6.19. The van der Waals surface area contributed by atoms with Gasteiger partial charge in [0.1, 0.15) is 5.78 Å². The molecule has 1 unspecified atom stereocenters. The maximum atomic E-state index is 11.8. The van der Waals surface area contributed by atoms with E-state index < -0.39 is 0 Å². The van der Waals surface area contributed by atoms with Crippen LogP contribution in [-0.4, -0.2) is 34.9 Å². The van der Waals surface area contributed by atoms with Gasteiger partial charge in [-0.1, -0.05) is 13.8 Å². The summed E-state index contributed by atoms with van der Waals surface area (Å²) in [4.78, 5) is 25.2. The molecule has 1 saturated heterocycles. The molecule has 4 heteroatoms. The van der Waals surface area contributed by atoms with Crippen LogP contribution in [0.1, 0.15) is 46.5 Å². The van der Waals surface area contributed by atoms with Gasteiger partial charge in [-0.25, -0.2) is 0 Å². The fourth-order valence-electron chi connectivity index (χ4n) is 2.34. The molecular formula is C14H25NO2S. The van der Waals surface area contributed by atoms with Crippen LogP contribution < -0.4 is 0 Å². The second-order valence-electron chi connectivity index (χ2n) is 5.60. The van der Waals surface area contributed by atoms with Gasteiger partial charge in [-0.05, 0) is 32.1 Å². The molecule has 0 aromatic carbocycles. The van der Waals surface area contributed by atoms with Gasteiger partial charge in [0, 0.05) is 25.4 Å². The Labute approximate surface area is 116 Å². The Morgan fingerprint density at radius 3 is 2.22 bits per heavy atom. The quantitative estimate of drug-likeness (QED) is 0.780. The molecule has 1 atom stereocenters. The van der Waals surface area contributed by atoms with Crippen molar-refractivity contribution in [2.75, 3.05) is 13.1 Å². The van der Waals surface area contributed by atoms with Crippen molar-refractivity contribution in [3.8, 4) is 0 Å². The van der Waals surface area contributed by atoms with Crippen molar-refractivity contribution < 1.29 is 9.59 Å². The molecule has 1 fully saturated rings. The Morgan fingerprint density at radius 2 is 1.78 bits per heavy atom. The van der Waals surface area contributed by atoms with Gasteiger partial charge in [0.25, 0.3) is 0 Å². The van der Waals surface area contributed by atoms with E-state index in [4.69, 9.17) is 0 Å². The van der Waals surface area contributed by atoms with Crippen molar-refractivity contribution in [1.29, 1.82) is 0 Å². The Bertz CT molecular complexity index is 294. The largest absolute Gasteiger partial charge is 0.342 e. The summed E-state index contributed by atoms with van der Waals surface area (Å²) in [5.41, 5.74) is 0. The van der Waals surface area contributed by atoms with Crippen LogP contribution in [0.5, 0.6) is 0 Å². The van der Waals surface area contributed by atoms with Gasteiger partial charge in [-0.2, -0.15) is 12.6 Å². The first kappa shape index (κ1) is 15.5. The Hall–Kier alpha value is -0.510. The molecule has 0 aromatic heterocycles. The summed E-state index contributed by atoms with van der Waals surface area (Å²) in [5.74, 6) is 1.25. The summed E-state index contributed by atoms with van der Waals surface area (Å²) in [6.45, 7) is 7.38. The fourth-order valence-corrected chi connectivity index (χ4v) is 2.50. The number of piperidine rings is 1. The number of Topliss-reactive ketones (excluding diaryl/α,β-unsaturated/α-hetero) is 1. The number of amides is 1. The monoisotopic (exact) mass is 271 g/mol. The third kappa shape index (κ3) is 4.63. The molecule has 0 aromatic rings. The molecule has 0 bridgehead atoms. The van der Waals surface area contributed by atoms with Gasteiger partial charge in [-0.15, -0.1) is 0 Å². The number of carbonyl (C=O) groups is 2. The normalized spacial score (nSPS) is 19.1. The van der Waals surface area contributed by atoms with Gasteiger partial charge >= 0.3 is 0 Å². The van der Waals surface area contributed by atoms with Gasteiger partial charge in [-0.3, -0.25) is 9.59 Å². The summed E-state index contributed by atoms with van der Waals surface area (Å²) in [6.07, 6.45) is 3.73. The molecular weight excluding hydrogens is 246 g/mol. The minimum Gasteiger partial charge on any atom is -0.342 e. The summed E-state index contributed by atoms with van der Waals surface area (Å²) < 4.78 is 0. The van der Waals surface area contributed by atoms with Crippen molar-refractivity contribution >= 4 is 24.3 Å². The average molecular weight is 271 g/mol. The van der Waals surface area contributed by atoms with Crippen molar-refractivity contribution in [3.05, 3.63) is 0 Å². The van der Waals surface area contributed by atoms with Crippen LogP contribution in [0.25, 0.3) is 0 Å².